The summed E-state index contributed by atoms with van der Waals surface area (Å²) in [6, 6.07) is 16.2. The van der Waals surface area contributed by atoms with Gasteiger partial charge in [-0.15, -0.1) is 0 Å². The van der Waals surface area contributed by atoms with Gasteiger partial charge in [0.15, 0.2) is 0 Å². The zero-order valence-electron chi connectivity index (χ0n) is 17.9. The summed E-state index contributed by atoms with van der Waals surface area (Å²) < 4.78 is 0.715. The molecule has 2 heterocycles. The van der Waals surface area contributed by atoms with Crippen LogP contribution in [0.5, 0.6) is 0 Å². The molecule has 0 aliphatic carbocycles. The third-order valence-electron chi connectivity index (χ3n) is 5.98. The molecule has 2 aromatic rings. The van der Waals surface area contributed by atoms with Crippen molar-refractivity contribution in [1.29, 1.82) is 0 Å². The van der Waals surface area contributed by atoms with Crippen LogP contribution >= 0.6 is 24.0 Å². The topological polar surface area (TPSA) is 43.9 Å². The molecule has 1 atom stereocenters. The summed E-state index contributed by atoms with van der Waals surface area (Å²) in [6.45, 7) is 8.49. The van der Waals surface area contributed by atoms with Gasteiger partial charge in [-0.3, -0.25) is 14.5 Å². The maximum absolute atomic E-state index is 13.0. The van der Waals surface area contributed by atoms with Crippen LogP contribution in [-0.4, -0.2) is 57.4 Å². The number of nitrogens with zero attached hydrogens (tertiary/aromatic N) is 3. The molecule has 0 spiro atoms. The molecule has 4 rings (SSSR count). The lowest BCUT2D eigenvalue weighted by atomic mass is 10.1. The molecule has 2 aliphatic heterocycles. The Kier molecular flexibility index (Phi) is 6.74. The highest BCUT2D eigenvalue weighted by atomic mass is 32.2. The zero-order valence-corrected chi connectivity index (χ0v) is 19.5. The number of carbonyl (C=O) groups is 2. The van der Waals surface area contributed by atoms with Crippen molar-refractivity contribution in [1.82, 2.24) is 9.80 Å². The molecule has 1 unspecified atom stereocenters. The molecule has 31 heavy (non-hydrogen) atoms. The summed E-state index contributed by atoms with van der Waals surface area (Å²) in [6.07, 6.45) is 0.199. The van der Waals surface area contributed by atoms with Gasteiger partial charge in [0.25, 0.3) is 0 Å². The van der Waals surface area contributed by atoms with Gasteiger partial charge in [0, 0.05) is 39.1 Å². The first-order chi connectivity index (χ1) is 14.9. The Hall–Kier alpha value is -2.22. The Morgan fingerprint density at radius 2 is 1.71 bits per heavy atom. The predicted octanol–water partition coefficient (Wildman–Crippen LogP) is 3.77. The van der Waals surface area contributed by atoms with E-state index in [9.17, 15) is 9.59 Å². The van der Waals surface area contributed by atoms with E-state index in [2.05, 4.69) is 34.1 Å². The predicted molar refractivity (Wildman–Crippen MR) is 130 cm³/mol. The standard InChI is InChI=1S/C24H27N3O2S2/c1-17-8-9-20(14-18(17)2)27-22(28)15-21(23(27)29)31-24(30)26-12-10-25(11-13-26)16-19-6-4-3-5-7-19/h3-9,14,21H,10-13,15-16H2,1-2H3. The number of thiocarbonyl (C=S) groups is 1. The van der Waals surface area contributed by atoms with Gasteiger partial charge in [0.05, 0.1) is 5.69 Å². The normalized spacial score (nSPS) is 19.9. The lowest BCUT2D eigenvalue weighted by Crippen LogP contribution is -2.47. The third kappa shape index (κ3) is 5.00. The largest absolute Gasteiger partial charge is 0.355 e. The van der Waals surface area contributed by atoms with Crippen LogP contribution in [-0.2, 0) is 16.1 Å². The van der Waals surface area contributed by atoms with Gasteiger partial charge in [-0.05, 0) is 42.7 Å². The Morgan fingerprint density at radius 1 is 1.00 bits per heavy atom. The Morgan fingerprint density at radius 3 is 2.39 bits per heavy atom. The molecule has 7 heteroatoms. The zero-order chi connectivity index (χ0) is 22.0. The minimum absolute atomic E-state index is 0.152. The van der Waals surface area contributed by atoms with Crippen molar-refractivity contribution in [3.05, 3.63) is 65.2 Å². The van der Waals surface area contributed by atoms with Crippen LogP contribution in [0.4, 0.5) is 5.69 Å². The highest BCUT2D eigenvalue weighted by Gasteiger charge is 2.41. The summed E-state index contributed by atoms with van der Waals surface area (Å²) in [7, 11) is 0. The second-order valence-electron chi connectivity index (χ2n) is 8.16. The molecule has 0 N–H and O–H groups in total. The van der Waals surface area contributed by atoms with Gasteiger partial charge in [-0.2, -0.15) is 0 Å². The van der Waals surface area contributed by atoms with Gasteiger partial charge in [-0.25, -0.2) is 4.90 Å². The van der Waals surface area contributed by atoms with E-state index in [0.29, 0.717) is 10.0 Å². The number of anilines is 1. The molecule has 0 radical (unpaired) electrons. The van der Waals surface area contributed by atoms with Gasteiger partial charge in [0.1, 0.15) is 9.57 Å². The summed E-state index contributed by atoms with van der Waals surface area (Å²) in [5.41, 5.74) is 4.18. The van der Waals surface area contributed by atoms with Crippen LogP contribution in [0, 0.1) is 13.8 Å². The van der Waals surface area contributed by atoms with Crippen molar-refractivity contribution < 1.29 is 9.59 Å². The van der Waals surface area contributed by atoms with Crippen LogP contribution in [0.3, 0.4) is 0 Å². The number of amides is 2. The molecule has 2 aliphatic rings. The SMILES string of the molecule is Cc1ccc(N2C(=O)CC(SC(=S)N3CCN(Cc4ccccc4)CC3)C2=O)cc1C. The van der Waals surface area contributed by atoms with Crippen molar-refractivity contribution >= 4 is 45.8 Å². The van der Waals surface area contributed by atoms with Gasteiger partial charge >= 0.3 is 0 Å². The van der Waals surface area contributed by atoms with Gasteiger partial charge in [-0.1, -0.05) is 60.4 Å². The van der Waals surface area contributed by atoms with E-state index in [-0.39, 0.29) is 18.2 Å². The number of imide groups is 1. The molecule has 5 nitrogen and oxygen atoms in total. The number of aryl methyl sites for hydroxylation is 2. The molecule has 2 saturated heterocycles. The van der Waals surface area contributed by atoms with E-state index in [1.165, 1.54) is 22.2 Å². The Bertz CT molecular complexity index is 988. The van der Waals surface area contributed by atoms with E-state index in [4.69, 9.17) is 12.2 Å². The first kappa shape index (κ1) is 22.0. The van der Waals surface area contributed by atoms with E-state index in [1.54, 1.807) is 0 Å². The van der Waals surface area contributed by atoms with Crippen LogP contribution < -0.4 is 4.90 Å². The fourth-order valence-corrected chi connectivity index (χ4v) is 5.50. The monoisotopic (exact) mass is 453 g/mol. The van der Waals surface area contributed by atoms with E-state index >= 15 is 0 Å². The van der Waals surface area contributed by atoms with Crippen molar-refractivity contribution in [2.45, 2.75) is 32.1 Å². The van der Waals surface area contributed by atoms with Crippen molar-refractivity contribution in [3.63, 3.8) is 0 Å². The van der Waals surface area contributed by atoms with Crippen LogP contribution in [0.2, 0.25) is 0 Å². The average Bonchev–Trinajstić information content (AvgIpc) is 3.04. The van der Waals surface area contributed by atoms with E-state index in [0.717, 1.165) is 43.9 Å². The number of rotatable bonds is 4. The lowest BCUT2D eigenvalue weighted by Gasteiger charge is -2.36. The second kappa shape index (κ2) is 9.51. The smallest absolute Gasteiger partial charge is 0.247 e. The van der Waals surface area contributed by atoms with Gasteiger partial charge in [0.2, 0.25) is 11.8 Å². The number of carbonyl (C=O) groups excluding carboxylic acids is 2. The number of benzene rings is 2. The maximum Gasteiger partial charge on any atom is 0.247 e. The maximum atomic E-state index is 13.0. The molecule has 0 bridgehead atoms. The minimum atomic E-state index is -0.441. The number of thioether (sulfide) groups is 1. The molecule has 162 valence electrons. The Balaban J connectivity index is 1.32. The van der Waals surface area contributed by atoms with Crippen LogP contribution in [0.1, 0.15) is 23.1 Å². The quantitative estimate of drug-likeness (QED) is 0.519. The molecular formula is C24H27N3O2S2. The molecule has 2 fully saturated rings. The molecular weight excluding hydrogens is 426 g/mol. The molecule has 0 aromatic heterocycles. The van der Waals surface area contributed by atoms with Crippen molar-refractivity contribution in [2.24, 2.45) is 0 Å². The fraction of sp³-hybridized carbons (Fsp3) is 0.375. The summed E-state index contributed by atoms with van der Waals surface area (Å²) in [4.78, 5) is 31.5. The molecule has 2 amide bonds. The highest BCUT2D eigenvalue weighted by molar-refractivity contribution is 8.23. The minimum Gasteiger partial charge on any atom is -0.355 e. The third-order valence-corrected chi connectivity index (χ3v) is 7.64. The summed E-state index contributed by atoms with van der Waals surface area (Å²) in [5.74, 6) is -0.315. The van der Waals surface area contributed by atoms with Gasteiger partial charge < -0.3 is 4.90 Å². The molecule has 0 saturated carbocycles. The first-order valence-corrected chi connectivity index (χ1v) is 11.9. The number of hydrogen-bond acceptors (Lipinski definition) is 5. The van der Waals surface area contributed by atoms with Crippen molar-refractivity contribution in [2.75, 3.05) is 31.1 Å². The summed E-state index contributed by atoms with van der Waals surface area (Å²) >= 11 is 7.02. The number of piperazine rings is 1. The highest BCUT2D eigenvalue weighted by Crippen LogP contribution is 2.32. The number of hydrogen-bond donors (Lipinski definition) is 0. The van der Waals surface area contributed by atoms with Crippen LogP contribution in [0.25, 0.3) is 0 Å². The Labute approximate surface area is 193 Å². The van der Waals surface area contributed by atoms with Crippen molar-refractivity contribution in [3.8, 4) is 0 Å². The first-order valence-electron chi connectivity index (χ1n) is 10.6. The van der Waals surface area contributed by atoms with Crippen LogP contribution in [0.15, 0.2) is 48.5 Å². The average molecular weight is 454 g/mol. The molecule has 2 aromatic carbocycles. The second-order valence-corrected chi connectivity index (χ2v) is 10.00. The fourth-order valence-electron chi connectivity index (χ4n) is 3.96. The van der Waals surface area contributed by atoms with E-state index < -0.39 is 5.25 Å². The van der Waals surface area contributed by atoms with E-state index in [1.807, 2.05) is 38.1 Å². The summed E-state index contributed by atoms with van der Waals surface area (Å²) in [5, 5.41) is -0.441. The lowest BCUT2D eigenvalue weighted by molar-refractivity contribution is -0.121.